The van der Waals surface area contributed by atoms with Crippen molar-refractivity contribution in [2.45, 2.75) is 97.7 Å². The van der Waals surface area contributed by atoms with E-state index >= 15 is 0 Å². The van der Waals surface area contributed by atoms with Gasteiger partial charge in [-0.2, -0.15) is 0 Å². The number of aryl methyl sites for hydroxylation is 8. The van der Waals surface area contributed by atoms with E-state index in [1.54, 1.807) is 199 Å². The second-order valence-corrected chi connectivity index (χ2v) is 24.5. The fourth-order valence-corrected chi connectivity index (χ4v) is 10.3. The molecule has 0 bridgehead atoms. The van der Waals surface area contributed by atoms with Crippen molar-refractivity contribution < 1.29 is 76.9 Å². The molecule has 0 spiro atoms. The van der Waals surface area contributed by atoms with Crippen LogP contribution in [0.25, 0.3) is 0 Å². The van der Waals surface area contributed by atoms with Gasteiger partial charge in [0.15, 0.2) is 29.0 Å². The SMILES string of the molecule is COC(=O)c1cc(CC(=O)c2cc(CC(=O)c3nc(CC(=O)c4cc(CC(=O)OC(C)(C)C)cn4C)cn3C)cn2C)cn1C.COC(=O)c1cc(CC(=O)c2cc([N+](=O)[O-])cn2C)cn1C.Cn1cc(CC(=O)c2cc(CC(=O)OC(C)(C)C)cn2C)cc1C(=O)O. The second kappa shape index (κ2) is 29.5. The molecule has 27 nitrogen and oxygen atoms in total. The van der Waals surface area contributed by atoms with Crippen molar-refractivity contribution in [3.63, 3.8) is 0 Å². The van der Waals surface area contributed by atoms with Crippen molar-refractivity contribution >= 4 is 64.5 Å². The minimum atomic E-state index is -1.04. The lowest BCUT2D eigenvalue weighted by molar-refractivity contribution is -0.384. The third kappa shape index (κ3) is 19.2. The van der Waals surface area contributed by atoms with Crippen molar-refractivity contribution in [2.75, 3.05) is 14.2 Å². The van der Waals surface area contributed by atoms with Crippen molar-refractivity contribution in [3.8, 4) is 0 Å². The highest BCUT2D eigenvalue weighted by Gasteiger charge is 2.26. The van der Waals surface area contributed by atoms with E-state index in [2.05, 4.69) is 9.72 Å². The molecule has 0 saturated carbocycles. The minimum absolute atomic E-state index is 0.0169. The fourth-order valence-electron chi connectivity index (χ4n) is 10.3. The zero-order valence-electron chi connectivity index (χ0n) is 55.1. The highest BCUT2D eigenvalue weighted by atomic mass is 16.6. The molecule has 0 unspecified atom stereocenters. The van der Waals surface area contributed by atoms with Crippen LogP contribution >= 0.6 is 0 Å². The van der Waals surface area contributed by atoms with Gasteiger partial charge in [0.05, 0.1) is 73.1 Å². The molecule has 0 fully saturated rings. The Morgan fingerprint density at radius 1 is 0.409 bits per heavy atom. The Kier molecular flexibility index (Phi) is 22.6. The Labute approximate surface area is 536 Å². The van der Waals surface area contributed by atoms with Gasteiger partial charge in [-0.15, -0.1) is 0 Å². The van der Waals surface area contributed by atoms with Gasteiger partial charge >= 0.3 is 29.8 Å². The molecule has 8 aromatic heterocycles. The van der Waals surface area contributed by atoms with Gasteiger partial charge < -0.3 is 60.6 Å². The molecular formula is C66H78N10O17. The molecule has 0 atom stereocenters. The van der Waals surface area contributed by atoms with Crippen LogP contribution in [0.3, 0.4) is 0 Å². The van der Waals surface area contributed by atoms with Gasteiger partial charge in [-0.1, -0.05) is 0 Å². The number of nitro groups is 1. The molecule has 0 radical (unpaired) electrons. The minimum Gasteiger partial charge on any atom is -0.477 e. The van der Waals surface area contributed by atoms with E-state index in [1.165, 1.54) is 41.7 Å². The molecule has 0 aromatic carbocycles. The maximum absolute atomic E-state index is 13.2. The van der Waals surface area contributed by atoms with Crippen LogP contribution in [0.2, 0.25) is 0 Å². The molecule has 0 aliphatic rings. The standard InChI is InChI=1S/C33H39N5O7.C19H24N2O5.C14H15N3O5/c1-33(2,3)45-30(42)14-22-10-25(36(5)18-22)28(40)15-23-19-38(7)31(34-23)29(41)13-20-9-24(35(4)16-20)27(39)12-21-11-26(32(43)44-8)37(6)17-21;1-19(2,3)26-17(23)9-13-6-14(20(4)11-13)16(22)8-12-7-15(18(24)25)21(5)10-12;1-15-7-9(4-12(15)14(19)22-3)5-13(18)11-6-10(17(20)21)8-16(11)2/h9-11,16-19H,12-15H2,1-8H3;6-7,10-11H,8-9H2,1-5H3,(H,24,25);4,6-8H,5H2,1-3H3. The summed E-state index contributed by atoms with van der Waals surface area (Å²) in [5, 5.41) is 19.8. The Balaban J connectivity index is 0.000000242. The number of carboxylic acids is 1. The summed E-state index contributed by atoms with van der Waals surface area (Å²) in [4.78, 5) is 138. The van der Waals surface area contributed by atoms with Gasteiger partial charge in [-0.25, -0.2) is 19.4 Å². The number of ether oxygens (including phenoxy) is 4. The van der Waals surface area contributed by atoms with Gasteiger partial charge in [0.1, 0.15) is 28.3 Å². The van der Waals surface area contributed by atoms with E-state index in [0.717, 1.165) is 0 Å². The lowest BCUT2D eigenvalue weighted by Gasteiger charge is -2.19. The largest absolute Gasteiger partial charge is 0.477 e. The number of carbonyl (C=O) groups is 10. The predicted molar refractivity (Wildman–Crippen MR) is 337 cm³/mol. The number of carboxylic acid groups (broad SMARTS) is 1. The molecule has 8 rings (SSSR count). The topological polar surface area (TPSA) is 323 Å². The summed E-state index contributed by atoms with van der Waals surface area (Å²) in [6, 6.07) is 11.0. The number of rotatable bonds is 23. The number of hydrogen-bond acceptors (Lipinski definition) is 17. The number of Topliss-reactive ketones (excluding diaryl/α,β-unsaturated/α-hetero) is 5. The molecule has 0 amide bonds. The van der Waals surface area contributed by atoms with Crippen molar-refractivity contribution in [3.05, 3.63) is 187 Å². The summed E-state index contributed by atoms with van der Waals surface area (Å²) in [7, 11) is 16.1. The van der Waals surface area contributed by atoms with Gasteiger partial charge in [0, 0.05) is 132 Å². The van der Waals surface area contributed by atoms with Crippen LogP contribution in [0.15, 0.2) is 92.0 Å². The summed E-state index contributed by atoms with van der Waals surface area (Å²) in [5.74, 6) is -3.57. The summed E-state index contributed by atoms with van der Waals surface area (Å²) in [5.41, 5.74) is 5.49. The summed E-state index contributed by atoms with van der Waals surface area (Å²) in [6.07, 6.45) is 13.5. The summed E-state index contributed by atoms with van der Waals surface area (Å²) >= 11 is 0. The van der Waals surface area contributed by atoms with Crippen molar-refractivity contribution in [2.24, 2.45) is 56.4 Å². The number of nitrogens with zero attached hydrogens (tertiary/aromatic N) is 10. The first-order chi connectivity index (χ1) is 43.3. The van der Waals surface area contributed by atoms with E-state index in [1.807, 2.05) is 0 Å². The molecule has 8 aromatic rings. The van der Waals surface area contributed by atoms with E-state index in [0.29, 0.717) is 67.5 Å². The van der Waals surface area contributed by atoms with Gasteiger partial charge in [-0.3, -0.25) is 43.7 Å². The summed E-state index contributed by atoms with van der Waals surface area (Å²) in [6.45, 7) is 10.8. The quantitative estimate of drug-likeness (QED) is 0.0217. The first-order valence-corrected chi connectivity index (χ1v) is 29.1. The average molecular weight is 1280 g/mol. The lowest BCUT2D eigenvalue weighted by atomic mass is 10.1. The Morgan fingerprint density at radius 3 is 1.02 bits per heavy atom. The molecule has 0 aliphatic carbocycles. The first-order valence-electron chi connectivity index (χ1n) is 29.1. The number of esters is 4. The first kappa shape index (κ1) is 71.3. The Hall–Kier alpha value is -10.7. The van der Waals surface area contributed by atoms with E-state index in [-0.39, 0.29) is 109 Å². The normalized spacial score (nSPS) is 11.2. The third-order valence-corrected chi connectivity index (χ3v) is 14.2. The maximum Gasteiger partial charge on any atom is 0.354 e. The fraction of sp³-hybridized carbons (Fsp3) is 0.379. The molecule has 0 saturated heterocycles. The number of aromatic nitrogens is 9. The van der Waals surface area contributed by atoms with Gasteiger partial charge in [-0.05, 0) is 111 Å². The summed E-state index contributed by atoms with van der Waals surface area (Å²) < 4.78 is 32.8. The van der Waals surface area contributed by atoms with E-state index in [9.17, 15) is 58.1 Å². The van der Waals surface area contributed by atoms with Crippen molar-refractivity contribution in [1.29, 1.82) is 0 Å². The average Bonchev–Trinajstić information content (AvgIpc) is 1.73. The number of hydrogen-bond donors (Lipinski definition) is 1. The van der Waals surface area contributed by atoms with Crippen LogP contribution in [0, 0.1) is 10.1 Å². The molecule has 93 heavy (non-hydrogen) atoms. The Morgan fingerprint density at radius 2 is 0.699 bits per heavy atom. The van der Waals surface area contributed by atoms with Gasteiger partial charge in [0.25, 0.3) is 5.69 Å². The highest BCUT2D eigenvalue weighted by molar-refractivity contribution is 6.00. The van der Waals surface area contributed by atoms with E-state index in [4.69, 9.17) is 19.3 Å². The van der Waals surface area contributed by atoms with E-state index < -0.39 is 34.0 Å². The van der Waals surface area contributed by atoms with Crippen LogP contribution in [0.1, 0.15) is 165 Å². The zero-order valence-corrected chi connectivity index (χ0v) is 55.1. The molecule has 1 N–H and O–H groups in total. The molecule has 8 heterocycles. The lowest BCUT2D eigenvalue weighted by Crippen LogP contribution is -2.24. The maximum atomic E-state index is 13.2. The highest BCUT2D eigenvalue weighted by Crippen LogP contribution is 2.22. The van der Waals surface area contributed by atoms with Crippen LogP contribution in [0.5, 0.6) is 0 Å². The number of ketones is 5. The number of methoxy groups -OCH3 is 2. The van der Waals surface area contributed by atoms with Crippen LogP contribution < -0.4 is 0 Å². The van der Waals surface area contributed by atoms with Gasteiger partial charge in [0.2, 0.25) is 5.78 Å². The van der Waals surface area contributed by atoms with Crippen LogP contribution in [-0.4, -0.2) is 136 Å². The molecule has 0 aliphatic heterocycles. The molecule has 494 valence electrons. The van der Waals surface area contributed by atoms with Crippen LogP contribution in [0.4, 0.5) is 5.69 Å². The third-order valence-electron chi connectivity index (χ3n) is 14.2. The number of aromatic carboxylic acids is 1. The monoisotopic (exact) mass is 1280 g/mol. The second-order valence-electron chi connectivity index (χ2n) is 24.5. The Bertz CT molecular complexity index is 4200. The smallest absolute Gasteiger partial charge is 0.354 e. The number of carbonyl (C=O) groups excluding carboxylic acids is 9. The molecular weight excluding hydrogens is 1200 g/mol. The zero-order chi connectivity index (χ0) is 69.3. The predicted octanol–water partition coefficient (Wildman–Crippen LogP) is 7.24. The molecule has 27 heteroatoms. The van der Waals surface area contributed by atoms with Crippen LogP contribution in [-0.2, 0) is 130 Å². The van der Waals surface area contributed by atoms with Crippen molar-refractivity contribution in [1.82, 2.24) is 41.5 Å². The number of imidazole rings is 1.